The van der Waals surface area contributed by atoms with Gasteiger partial charge in [-0.25, -0.2) is 17.8 Å². The third kappa shape index (κ3) is 5.92. The number of thiazole rings is 1. The van der Waals surface area contributed by atoms with Crippen molar-refractivity contribution in [2.45, 2.75) is 18.2 Å². The van der Waals surface area contributed by atoms with Crippen LogP contribution < -0.4 is 4.90 Å². The van der Waals surface area contributed by atoms with E-state index in [0.717, 1.165) is 41.0 Å². The molecule has 1 aliphatic heterocycles. The predicted molar refractivity (Wildman–Crippen MR) is 132 cm³/mol. The predicted octanol–water partition coefficient (Wildman–Crippen LogP) is 3.93. The number of rotatable bonds is 8. The van der Waals surface area contributed by atoms with Crippen molar-refractivity contribution in [1.29, 1.82) is 0 Å². The molecule has 0 bridgehead atoms. The highest BCUT2D eigenvalue weighted by Gasteiger charge is 2.24. The average Bonchev–Trinajstić information content (AvgIpc) is 3.23. The van der Waals surface area contributed by atoms with Crippen LogP contribution in [0.5, 0.6) is 0 Å². The first-order valence-corrected chi connectivity index (χ1v) is 13.7. The molecule has 0 unspecified atom stereocenters. The van der Waals surface area contributed by atoms with Crippen LogP contribution in [0.25, 0.3) is 10.2 Å². The Kier molecular flexibility index (Phi) is 7.83. The van der Waals surface area contributed by atoms with E-state index in [1.165, 1.54) is 23.5 Å². The standard InChI is InChI=1S/C23H25ClFN3O4S2/c1-16-14-17(24)15-20-22(16)26-23(33-20)28(8-7-27-9-11-32-12-10-27)21(29)6-13-34(30,31)19-4-2-18(25)3-5-19/h2-5,14-15H,6-13H2,1H3. The van der Waals surface area contributed by atoms with Crippen LogP contribution in [0.2, 0.25) is 5.02 Å². The highest BCUT2D eigenvalue weighted by molar-refractivity contribution is 7.91. The normalized spacial score (nSPS) is 15.0. The number of hydrogen-bond acceptors (Lipinski definition) is 7. The molecule has 1 aliphatic rings. The number of amides is 1. The summed E-state index contributed by atoms with van der Waals surface area (Å²) in [5, 5.41) is 1.11. The Morgan fingerprint density at radius 1 is 1.24 bits per heavy atom. The van der Waals surface area contributed by atoms with Gasteiger partial charge >= 0.3 is 0 Å². The van der Waals surface area contributed by atoms with Gasteiger partial charge in [-0.3, -0.25) is 14.6 Å². The van der Waals surface area contributed by atoms with E-state index in [-0.39, 0.29) is 23.0 Å². The summed E-state index contributed by atoms with van der Waals surface area (Å²) in [4.78, 5) is 21.7. The first-order valence-electron chi connectivity index (χ1n) is 10.9. The van der Waals surface area contributed by atoms with E-state index in [4.69, 9.17) is 16.3 Å². The maximum absolute atomic E-state index is 13.3. The molecule has 0 atom stereocenters. The van der Waals surface area contributed by atoms with Crippen molar-refractivity contribution in [2.75, 3.05) is 50.0 Å². The Morgan fingerprint density at radius 2 is 1.94 bits per heavy atom. The van der Waals surface area contributed by atoms with Gasteiger partial charge in [0, 0.05) is 37.6 Å². The lowest BCUT2D eigenvalue weighted by Crippen LogP contribution is -2.43. The number of carbonyl (C=O) groups excluding carboxylic acids is 1. The zero-order valence-corrected chi connectivity index (χ0v) is 21.1. The average molecular weight is 526 g/mol. The van der Waals surface area contributed by atoms with E-state index in [9.17, 15) is 17.6 Å². The zero-order valence-electron chi connectivity index (χ0n) is 18.7. The number of benzene rings is 2. The molecule has 4 rings (SSSR count). The van der Waals surface area contributed by atoms with Crippen LogP contribution in [-0.4, -0.2) is 69.4 Å². The molecule has 2 aromatic carbocycles. The molecule has 3 aromatic rings. The van der Waals surface area contributed by atoms with Crippen LogP contribution in [0.3, 0.4) is 0 Å². The van der Waals surface area contributed by atoms with Crippen molar-refractivity contribution in [3.8, 4) is 0 Å². The van der Waals surface area contributed by atoms with Crippen molar-refractivity contribution in [3.05, 3.63) is 52.8 Å². The Bertz CT molecular complexity index is 1280. The summed E-state index contributed by atoms with van der Waals surface area (Å²) in [6, 6.07) is 8.25. The molecule has 0 aliphatic carbocycles. The van der Waals surface area contributed by atoms with Crippen molar-refractivity contribution in [1.82, 2.24) is 9.88 Å². The molecule has 0 saturated carbocycles. The molecule has 1 fully saturated rings. The number of aryl methyl sites for hydroxylation is 1. The number of ether oxygens (including phenoxy) is 1. The van der Waals surface area contributed by atoms with Gasteiger partial charge in [0.1, 0.15) is 5.82 Å². The summed E-state index contributed by atoms with van der Waals surface area (Å²) in [6.45, 7) is 5.74. The molecule has 0 spiro atoms. The molecule has 182 valence electrons. The fourth-order valence-corrected chi connectivity index (χ4v) is 6.46. The Labute approximate surface area is 207 Å². The SMILES string of the molecule is Cc1cc(Cl)cc2sc(N(CCN3CCOCC3)C(=O)CCS(=O)(=O)c3ccc(F)cc3)nc12. The molecule has 11 heteroatoms. The second-order valence-corrected chi connectivity index (χ2v) is 11.6. The summed E-state index contributed by atoms with van der Waals surface area (Å²) < 4.78 is 44.8. The van der Waals surface area contributed by atoms with E-state index in [2.05, 4.69) is 9.88 Å². The molecule has 0 radical (unpaired) electrons. The van der Waals surface area contributed by atoms with Gasteiger partial charge in [-0.05, 0) is 48.9 Å². The summed E-state index contributed by atoms with van der Waals surface area (Å²) in [7, 11) is -3.74. The van der Waals surface area contributed by atoms with Crippen LogP contribution >= 0.6 is 22.9 Å². The third-order valence-corrected chi connectivity index (χ3v) is 8.65. The molecule has 34 heavy (non-hydrogen) atoms. The van der Waals surface area contributed by atoms with Gasteiger partial charge in [-0.1, -0.05) is 22.9 Å². The number of morpholine rings is 1. The van der Waals surface area contributed by atoms with Crippen LogP contribution in [-0.2, 0) is 19.4 Å². The van der Waals surface area contributed by atoms with Gasteiger partial charge in [0.25, 0.3) is 0 Å². The van der Waals surface area contributed by atoms with Gasteiger partial charge in [-0.2, -0.15) is 0 Å². The van der Waals surface area contributed by atoms with Gasteiger partial charge in [0.05, 0.1) is 34.1 Å². The van der Waals surface area contributed by atoms with E-state index >= 15 is 0 Å². The molecular weight excluding hydrogens is 501 g/mol. The number of sulfone groups is 1. The molecule has 1 amide bonds. The van der Waals surface area contributed by atoms with E-state index < -0.39 is 15.7 Å². The van der Waals surface area contributed by atoms with Gasteiger partial charge in [0.15, 0.2) is 15.0 Å². The van der Waals surface area contributed by atoms with E-state index in [1.807, 2.05) is 19.1 Å². The summed E-state index contributed by atoms with van der Waals surface area (Å²) in [6.07, 6.45) is -0.210. The van der Waals surface area contributed by atoms with E-state index in [0.29, 0.717) is 36.5 Å². The van der Waals surface area contributed by atoms with Crippen molar-refractivity contribution >= 4 is 54.0 Å². The minimum absolute atomic E-state index is 0.00757. The summed E-state index contributed by atoms with van der Waals surface area (Å²) in [5.41, 5.74) is 1.68. The van der Waals surface area contributed by atoms with Gasteiger partial charge in [0.2, 0.25) is 5.91 Å². The lowest BCUT2D eigenvalue weighted by molar-refractivity contribution is -0.118. The molecule has 2 heterocycles. The summed E-state index contributed by atoms with van der Waals surface area (Å²) >= 11 is 7.55. The number of halogens is 2. The van der Waals surface area contributed by atoms with Crippen molar-refractivity contribution in [3.63, 3.8) is 0 Å². The van der Waals surface area contributed by atoms with Crippen LogP contribution in [0.15, 0.2) is 41.3 Å². The van der Waals surface area contributed by atoms with E-state index in [1.54, 1.807) is 4.90 Å². The fraction of sp³-hybridized carbons (Fsp3) is 0.391. The number of hydrogen-bond donors (Lipinski definition) is 0. The smallest absolute Gasteiger partial charge is 0.229 e. The monoisotopic (exact) mass is 525 g/mol. The number of carbonyl (C=O) groups is 1. The molecule has 1 saturated heterocycles. The number of aromatic nitrogens is 1. The largest absolute Gasteiger partial charge is 0.379 e. The highest BCUT2D eigenvalue weighted by atomic mass is 35.5. The van der Waals surface area contributed by atoms with Crippen LogP contribution in [0.1, 0.15) is 12.0 Å². The molecule has 0 N–H and O–H groups in total. The van der Waals surface area contributed by atoms with Crippen LogP contribution in [0.4, 0.5) is 9.52 Å². The molecule has 1 aromatic heterocycles. The quantitative estimate of drug-likeness (QED) is 0.415. The first kappa shape index (κ1) is 25.0. The number of nitrogens with zero attached hydrogens (tertiary/aromatic N) is 3. The maximum atomic E-state index is 13.3. The minimum Gasteiger partial charge on any atom is -0.379 e. The maximum Gasteiger partial charge on any atom is 0.229 e. The summed E-state index contributed by atoms with van der Waals surface area (Å²) in [5.74, 6) is -1.22. The van der Waals surface area contributed by atoms with Gasteiger partial charge in [-0.15, -0.1) is 0 Å². The fourth-order valence-electron chi connectivity index (χ4n) is 3.77. The number of fused-ring (bicyclic) bond motifs is 1. The lowest BCUT2D eigenvalue weighted by atomic mass is 10.2. The topological polar surface area (TPSA) is 79.8 Å². The van der Waals surface area contributed by atoms with Crippen molar-refractivity contribution < 1.29 is 22.3 Å². The minimum atomic E-state index is -3.74. The van der Waals surface area contributed by atoms with Gasteiger partial charge < -0.3 is 4.74 Å². The second-order valence-electron chi connectivity index (χ2n) is 8.09. The van der Waals surface area contributed by atoms with Crippen LogP contribution in [0, 0.1) is 12.7 Å². The number of anilines is 1. The molecule has 7 nitrogen and oxygen atoms in total. The molecular formula is C23H25ClFN3O4S2. The Balaban J connectivity index is 1.55. The first-order chi connectivity index (χ1) is 16.2. The zero-order chi connectivity index (χ0) is 24.3. The Hall–Kier alpha value is -2.11. The Morgan fingerprint density at radius 3 is 2.65 bits per heavy atom. The lowest BCUT2D eigenvalue weighted by Gasteiger charge is -2.29. The second kappa shape index (κ2) is 10.7. The highest BCUT2D eigenvalue weighted by Crippen LogP contribution is 2.33. The third-order valence-electron chi connectivity index (χ3n) is 5.67. The van der Waals surface area contributed by atoms with Crippen molar-refractivity contribution in [2.24, 2.45) is 0 Å².